The van der Waals surface area contributed by atoms with Crippen LogP contribution in [0.3, 0.4) is 0 Å². The monoisotopic (exact) mass is 709 g/mol. The highest BCUT2D eigenvalue weighted by atomic mass is 19.4. The van der Waals surface area contributed by atoms with Crippen molar-refractivity contribution < 1.29 is 49.0 Å². The average molecular weight is 710 g/mol. The minimum atomic E-state index is -5.14. The van der Waals surface area contributed by atoms with E-state index in [0.717, 1.165) is 18.2 Å². The van der Waals surface area contributed by atoms with Gasteiger partial charge in [0.25, 0.3) is 5.95 Å². The molecule has 2 heterocycles. The summed E-state index contributed by atoms with van der Waals surface area (Å²) in [7, 11) is 3.68. The van der Waals surface area contributed by atoms with Gasteiger partial charge in [-0.3, -0.25) is 4.90 Å². The molecule has 4 rings (SSSR count). The minimum absolute atomic E-state index is 0.00996. The molecule has 0 radical (unpaired) electrons. The first-order chi connectivity index (χ1) is 22.7. The Morgan fingerprint density at radius 2 is 1.55 bits per heavy atom. The quantitative estimate of drug-likeness (QED) is 0.198. The molecule has 0 unspecified atom stereocenters. The molecule has 0 saturated heterocycles. The van der Waals surface area contributed by atoms with Crippen LogP contribution in [0.5, 0.6) is 0 Å². The van der Waals surface area contributed by atoms with E-state index in [0.29, 0.717) is 25.1 Å². The number of tetrazole rings is 1. The van der Waals surface area contributed by atoms with Crippen LogP contribution < -0.4 is 9.80 Å². The molecule has 49 heavy (non-hydrogen) atoms. The molecule has 2 aromatic carbocycles. The fraction of sp³-hybridized carbons (Fsp3) is 0.548. The fourth-order valence-electron chi connectivity index (χ4n) is 5.65. The van der Waals surface area contributed by atoms with Gasteiger partial charge in [-0.15, -0.1) is 5.10 Å². The Hall–Kier alpha value is -4.09. The van der Waals surface area contributed by atoms with Crippen molar-refractivity contribution in [3.05, 3.63) is 64.2 Å². The van der Waals surface area contributed by atoms with Crippen LogP contribution in [-0.4, -0.2) is 64.0 Å². The van der Waals surface area contributed by atoms with E-state index in [1.165, 1.54) is 14.6 Å². The molecule has 0 N–H and O–H groups in total. The molecule has 0 aliphatic carbocycles. The number of ether oxygens (including phenoxy) is 1. The van der Waals surface area contributed by atoms with Crippen molar-refractivity contribution in [3.8, 4) is 0 Å². The SMILES string of the molecule is CC[C@@H]1C[C@H](N(Cc2cc(C(F)(F)F)cc(C(F)(F)F)c2)c2nnn(CCCN(C)C)n2)c2cc(C(F)(F)F)ccc2N1C(=O)OC(C)C. The van der Waals surface area contributed by atoms with Crippen LogP contribution in [0, 0.1) is 0 Å². The number of hydrogen-bond acceptors (Lipinski definition) is 7. The number of nitrogens with zero attached hydrogens (tertiary/aromatic N) is 7. The summed E-state index contributed by atoms with van der Waals surface area (Å²) in [5.41, 5.74) is -4.70. The molecule has 0 fully saturated rings. The first-order valence-corrected chi connectivity index (χ1v) is 15.4. The summed E-state index contributed by atoms with van der Waals surface area (Å²) in [6.07, 6.45) is -15.8. The number of anilines is 2. The summed E-state index contributed by atoms with van der Waals surface area (Å²) < 4.78 is 130. The number of aryl methyl sites for hydroxylation is 1. The number of benzene rings is 2. The Labute approximate surface area is 276 Å². The van der Waals surface area contributed by atoms with E-state index in [4.69, 9.17) is 4.74 Å². The highest BCUT2D eigenvalue weighted by Crippen LogP contribution is 2.46. The van der Waals surface area contributed by atoms with Crippen LogP contribution in [0.2, 0.25) is 0 Å². The number of rotatable bonds is 10. The fourth-order valence-corrected chi connectivity index (χ4v) is 5.65. The van der Waals surface area contributed by atoms with E-state index < -0.39 is 71.6 Å². The van der Waals surface area contributed by atoms with Crippen LogP contribution in [0.1, 0.15) is 73.9 Å². The number of fused-ring (bicyclic) bond motifs is 1. The van der Waals surface area contributed by atoms with Gasteiger partial charge in [0.2, 0.25) is 0 Å². The summed E-state index contributed by atoms with van der Waals surface area (Å²) in [6.45, 7) is 5.11. The van der Waals surface area contributed by atoms with Crippen molar-refractivity contribution in [1.82, 2.24) is 25.1 Å². The topological polar surface area (TPSA) is 79.6 Å². The molecule has 2 atom stereocenters. The van der Waals surface area contributed by atoms with Gasteiger partial charge in [-0.05, 0) is 106 Å². The average Bonchev–Trinajstić information content (AvgIpc) is 3.45. The van der Waals surface area contributed by atoms with E-state index in [9.17, 15) is 44.3 Å². The Balaban J connectivity index is 1.93. The van der Waals surface area contributed by atoms with Crippen LogP contribution in [-0.2, 0) is 36.4 Å². The van der Waals surface area contributed by atoms with Crippen molar-refractivity contribution in [2.45, 2.75) is 89.8 Å². The zero-order chi connectivity index (χ0) is 36.5. The number of aromatic nitrogens is 4. The zero-order valence-electron chi connectivity index (χ0n) is 27.3. The smallest absolute Gasteiger partial charge is 0.416 e. The summed E-state index contributed by atoms with van der Waals surface area (Å²) >= 11 is 0. The van der Waals surface area contributed by atoms with Gasteiger partial charge >= 0.3 is 24.6 Å². The van der Waals surface area contributed by atoms with Gasteiger partial charge in [0.15, 0.2) is 0 Å². The Morgan fingerprint density at radius 1 is 0.939 bits per heavy atom. The number of amides is 1. The maximum atomic E-state index is 14.0. The highest BCUT2D eigenvalue weighted by Gasteiger charge is 2.43. The maximum absolute atomic E-state index is 14.0. The van der Waals surface area contributed by atoms with Crippen LogP contribution in [0.25, 0.3) is 0 Å². The molecule has 0 spiro atoms. The Bertz CT molecular complexity index is 1570. The molecule has 1 aromatic heterocycles. The standard InChI is InChI=1S/C31H36F9N7O2/c1-6-23-16-26(24-15-20(29(32,33)34)8-9-25(24)47(23)28(48)49-18(2)3)45(27-41-43-46(42-27)11-7-10-44(4)5)17-19-12-21(30(35,36)37)14-22(13-19)31(38,39)40/h8-9,12-15,18,23,26H,6-7,10-11,16-17H2,1-5H3/t23-,26+/m1/s1. The number of alkyl halides is 9. The minimum Gasteiger partial charge on any atom is -0.446 e. The molecule has 1 aliphatic heterocycles. The van der Waals surface area contributed by atoms with Crippen LogP contribution in [0.4, 0.5) is 55.9 Å². The lowest BCUT2D eigenvalue weighted by Crippen LogP contribution is -2.48. The molecule has 9 nitrogen and oxygen atoms in total. The second-order valence-electron chi connectivity index (χ2n) is 12.3. The molecular weight excluding hydrogens is 673 g/mol. The van der Waals surface area contributed by atoms with Gasteiger partial charge in [-0.25, -0.2) is 4.79 Å². The van der Waals surface area contributed by atoms with Crippen molar-refractivity contribution in [2.75, 3.05) is 30.4 Å². The summed E-state index contributed by atoms with van der Waals surface area (Å²) in [6, 6.07) is 1.92. The molecule has 0 bridgehead atoms. The van der Waals surface area contributed by atoms with Crippen molar-refractivity contribution in [2.24, 2.45) is 0 Å². The largest absolute Gasteiger partial charge is 0.446 e. The van der Waals surface area contributed by atoms with E-state index in [1.807, 2.05) is 19.0 Å². The normalized spacial score (nSPS) is 17.1. The van der Waals surface area contributed by atoms with Gasteiger partial charge in [0.1, 0.15) is 0 Å². The Morgan fingerprint density at radius 3 is 2.08 bits per heavy atom. The lowest BCUT2D eigenvalue weighted by molar-refractivity contribution is -0.143. The van der Waals surface area contributed by atoms with Crippen molar-refractivity contribution in [3.63, 3.8) is 0 Å². The molecule has 1 aliphatic rings. The van der Waals surface area contributed by atoms with Crippen molar-refractivity contribution in [1.29, 1.82) is 0 Å². The lowest BCUT2D eigenvalue weighted by Gasteiger charge is -2.44. The zero-order valence-corrected chi connectivity index (χ0v) is 27.3. The third-order valence-electron chi connectivity index (χ3n) is 7.88. The van der Waals surface area contributed by atoms with E-state index in [-0.39, 0.29) is 42.7 Å². The van der Waals surface area contributed by atoms with Crippen molar-refractivity contribution >= 4 is 17.7 Å². The van der Waals surface area contributed by atoms with Crippen LogP contribution in [0.15, 0.2) is 36.4 Å². The molecule has 3 aromatic rings. The van der Waals surface area contributed by atoms with E-state index in [2.05, 4.69) is 15.4 Å². The third kappa shape index (κ3) is 9.13. The molecule has 0 saturated carbocycles. The second kappa shape index (κ2) is 14.4. The van der Waals surface area contributed by atoms with E-state index >= 15 is 0 Å². The second-order valence-corrected chi connectivity index (χ2v) is 12.3. The van der Waals surface area contributed by atoms with Gasteiger partial charge < -0.3 is 14.5 Å². The van der Waals surface area contributed by atoms with Gasteiger partial charge in [-0.1, -0.05) is 12.0 Å². The van der Waals surface area contributed by atoms with Gasteiger partial charge in [0.05, 0.1) is 41.1 Å². The number of carbonyl (C=O) groups is 1. The first kappa shape index (κ1) is 37.7. The summed E-state index contributed by atoms with van der Waals surface area (Å²) in [4.78, 5) is 18.8. The predicted octanol–water partition coefficient (Wildman–Crippen LogP) is 7.96. The van der Waals surface area contributed by atoms with E-state index in [1.54, 1.807) is 20.8 Å². The highest BCUT2D eigenvalue weighted by molar-refractivity contribution is 5.90. The molecule has 18 heteroatoms. The molecule has 270 valence electrons. The summed E-state index contributed by atoms with van der Waals surface area (Å²) in [5.74, 6) is -0.239. The van der Waals surface area contributed by atoms with Gasteiger partial charge in [0, 0.05) is 12.6 Å². The number of hydrogen-bond donors (Lipinski definition) is 0. The Kier molecular flexibility index (Phi) is 11.1. The molecular formula is C31H36F9N7O2. The van der Waals surface area contributed by atoms with Gasteiger partial charge in [-0.2, -0.15) is 44.3 Å². The lowest BCUT2D eigenvalue weighted by atomic mass is 9.87. The molecule has 1 amide bonds. The third-order valence-corrected chi connectivity index (χ3v) is 7.88. The maximum Gasteiger partial charge on any atom is 0.416 e. The summed E-state index contributed by atoms with van der Waals surface area (Å²) in [5, 5.41) is 12.4. The number of carbonyl (C=O) groups excluding carboxylic acids is 1. The number of halogens is 9. The predicted molar refractivity (Wildman–Crippen MR) is 161 cm³/mol. The van der Waals surface area contributed by atoms with Crippen LogP contribution >= 0.6 is 0 Å². The first-order valence-electron chi connectivity index (χ1n) is 15.4.